The van der Waals surface area contributed by atoms with Crippen molar-refractivity contribution in [3.05, 3.63) is 76.2 Å². The highest BCUT2D eigenvalue weighted by atomic mass is 127. The number of nitrogens with zero attached hydrogens (tertiary/aromatic N) is 4. The number of allylic oxidation sites excluding steroid dienone is 1. The number of quaternary nitrogens is 1. The second kappa shape index (κ2) is 12.2. The van der Waals surface area contributed by atoms with Crippen LogP contribution in [0.3, 0.4) is 0 Å². The summed E-state index contributed by atoms with van der Waals surface area (Å²) in [7, 11) is 0.117. The monoisotopic (exact) mass is 718 g/mol. The van der Waals surface area contributed by atoms with Gasteiger partial charge in [-0.25, -0.2) is 13.4 Å². The minimum absolute atomic E-state index is 0. The van der Waals surface area contributed by atoms with E-state index in [-0.39, 0.29) is 47.9 Å². The molecule has 3 N–H and O–H groups in total. The summed E-state index contributed by atoms with van der Waals surface area (Å²) in [6.45, 7) is 5.50. The normalized spacial score (nSPS) is 21.7. The van der Waals surface area contributed by atoms with Crippen molar-refractivity contribution in [2.45, 2.75) is 62.9 Å². The Bertz CT molecular complexity index is 1690. The number of nitrogens with one attached hydrogen (secondary N) is 2. The number of anilines is 1. The fourth-order valence-electron chi connectivity index (χ4n) is 6.99. The summed E-state index contributed by atoms with van der Waals surface area (Å²) in [4.78, 5) is 18.1. The van der Waals surface area contributed by atoms with Gasteiger partial charge in [-0.15, -0.1) is 0 Å². The van der Waals surface area contributed by atoms with E-state index in [1.807, 2.05) is 55.7 Å². The molecule has 0 saturated carbocycles. The Hall–Kier alpha value is -2.94. The van der Waals surface area contributed by atoms with Crippen LogP contribution < -0.4 is 39.3 Å². The van der Waals surface area contributed by atoms with Crippen LogP contribution in [-0.2, 0) is 28.4 Å². The van der Waals surface area contributed by atoms with Crippen molar-refractivity contribution in [3.8, 4) is 0 Å². The Morgan fingerprint density at radius 1 is 1.19 bits per heavy atom. The number of pyridine rings is 1. The zero-order valence-corrected chi connectivity index (χ0v) is 27.9. The first-order chi connectivity index (χ1) is 20.0. The number of carbonyl (C=O) groups is 1. The Morgan fingerprint density at radius 3 is 2.74 bits per heavy atom. The van der Waals surface area contributed by atoms with E-state index in [4.69, 9.17) is 0 Å². The molecule has 0 amide bonds. The van der Waals surface area contributed by atoms with Gasteiger partial charge in [0.1, 0.15) is 11.9 Å². The second-order valence-electron chi connectivity index (χ2n) is 11.9. The molecule has 0 bridgehead atoms. The molecule has 12 heteroatoms. The predicted molar refractivity (Wildman–Crippen MR) is 161 cm³/mol. The number of fused-ring (bicyclic) bond motifs is 4. The highest BCUT2D eigenvalue weighted by Crippen LogP contribution is 2.37. The number of hydrogen-bond acceptors (Lipinski definition) is 6. The fraction of sp³-hybridized carbons (Fsp3) is 0.419. The van der Waals surface area contributed by atoms with Crippen LogP contribution in [0.2, 0.25) is 0 Å². The first kappa shape index (κ1) is 31.5. The number of carboxylic acid groups (broad SMARTS) is 1. The van der Waals surface area contributed by atoms with Crippen molar-refractivity contribution < 1.29 is 47.2 Å². The van der Waals surface area contributed by atoms with Crippen LogP contribution in [0.1, 0.15) is 66.5 Å². The third kappa shape index (κ3) is 5.81. The summed E-state index contributed by atoms with van der Waals surface area (Å²) in [5.74, 6) is 0.288. The Balaban J connectivity index is 0.00000368. The zero-order chi connectivity index (χ0) is 29.8. The van der Waals surface area contributed by atoms with E-state index in [2.05, 4.69) is 22.6 Å². The van der Waals surface area contributed by atoms with E-state index in [9.17, 15) is 18.3 Å². The summed E-state index contributed by atoms with van der Waals surface area (Å²) >= 11 is 0. The lowest BCUT2D eigenvalue weighted by Crippen LogP contribution is -3.13. The molecule has 1 fully saturated rings. The average Bonchev–Trinajstić information content (AvgIpc) is 3.24. The molecule has 0 radical (unpaired) electrons. The van der Waals surface area contributed by atoms with Gasteiger partial charge >= 0.3 is 5.97 Å². The predicted octanol–water partition coefficient (Wildman–Crippen LogP) is -0.0723. The van der Waals surface area contributed by atoms with E-state index in [1.54, 1.807) is 22.6 Å². The molecule has 3 aliphatic heterocycles. The molecule has 1 saturated heterocycles. The Kier molecular flexibility index (Phi) is 8.94. The van der Waals surface area contributed by atoms with Gasteiger partial charge in [0.2, 0.25) is 5.82 Å². The summed E-state index contributed by atoms with van der Waals surface area (Å²) in [6.07, 6.45) is 6.75. The zero-order valence-electron chi connectivity index (χ0n) is 25.0. The minimum Gasteiger partial charge on any atom is -1.00 e. The van der Waals surface area contributed by atoms with Gasteiger partial charge in [0.25, 0.3) is 10.0 Å². The van der Waals surface area contributed by atoms with E-state index in [0.717, 1.165) is 70.2 Å². The van der Waals surface area contributed by atoms with Gasteiger partial charge < -0.3 is 39.1 Å². The number of aliphatic carboxylic acids is 1. The van der Waals surface area contributed by atoms with Gasteiger partial charge in [0, 0.05) is 56.1 Å². The highest BCUT2D eigenvalue weighted by Gasteiger charge is 2.43. The molecule has 5 heterocycles. The van der Waals surface area contributed by atoms with Gasteiger partial charge in [-0.3, -0.25) is 14.7 Å². The second-order valence-corrected chi connectivity index (χ2v) is 13.8. The molecule has 3 aliphatic rings. The number of aromatic nitrogens is 2. The number of benzene rings is 1. The van der Waals surface area contributed by atoms with E-state index >= 15 is 0 Å². The third-order valence-electron chi connectivity index (χ3n) is 9.02. The highest BCUT2D eigenvalue weighted by molar-refractivity contribution is 7.89. The van der Waals surface area contributed by atoms with Gasteiger partial charge in [-0.2, -0.15) is 4.31 Å². The van der Waals surface area contributed by atoms with Crippen molar-refractivity contribution in [3.63, 3.8) is 0 Å². The van der Waals surface area contributed by atoms with Crippen LogP contribution in [0.5, 0.6) is 0 Å². The van der Waals surface area contributed by atoms with E-state index in [1.165, 1.54) is 0 Å². The number of halogens is 1. The summed E-state index contributed by atoms with van der Waals surface area (Å²) in [6, 6.07) is 11.6. The molecule has 3 aromatic rings. The molecule has 1 aromatic carbocycles. The topological polar surface area (TPSA) is 112 Å². The lowest BCUT2D eigenvalue weighted by Gasteiger charge is -2.31. The third-order valence-corrected chi connectivity index (χ3v) is 10.9. The Morgan fingerprint density at radius 2 is 1.98 bits per heavy atom. The van der Waals surface area contributed by atoms with E-state index in [0.29, 0.717) is 12.4 Å². The number of sulfonamides is 1. The summed E-state index contributed by atoms with van der Waals surface area (Å²) < 4.78 is 31.8. The van der Waals surface area contributed by atoms with Gasteiger partial charge in [-0.1, -0.05) is 18.2 Å². The molecule has 43 heavy (non-hydrogen) atoms. The lowest BCUT2D eigenvalue weighted by atomic mass is 9.89. The standard InChI is InChI=1S/C31H38N6O4S.HI/c1-20-10-11-22(26(17-29(38)39)27-16-23-14-21(2)33-35(4)31(23)34(27)3)15-24(20)18-36-19-25-8-5-6-13-37(25)30-28(42(36,40)41)9-7-12-32-30;/h7,9-12,14-16,25-26,33H,5-6,8,13,17-19H2,1-4H3,(H,38,39);1H/t25-,26?;/m1./s1. The smallest absolute Gasteiger partial charge is 0.304 e. The first-order valence-electron chi connectivity index (χ1n) is 14.6. The van der Waals surface area contributed by atoms with Crippen LogP contribution in [0, 0.1) is 6.92 Å². The number of carboxylic acids is 1. The van der Waals surface area contributed by atoms with Gasteiger partial charge in [0.05, 0.1) is 19.5 Å². The number of hydrazine groups is 1. The van der Waals surface area contributed by atoms with Crippen LogP contribution in [0.25, 0.3) is 6.08 Å². The number of aryl methyl sites for hydroxylation is 1. The molecule has 3 atom stereocenters. The largest absolute Gasteiger partial charge is 1.00 e. The quantitative estimate of drug-likeness (QED) is 0.306. The SMILES string of the molecule is CC1=Cc2cc(C(CC(=O)O)c3ccc(C)c(CN4C[C@H]5CCCC[NH+]5c5ncccc5S4(=O)=O)c3)n(C)c2N(C)N1.[I-]. The maximum atomic E-state index is 14.1. The molecule has 2 aromatic heterocycles. The van der Waals surface area contributed by atoms with E-state index < -0.39 is 21.9 Å². The van der Waals surface area contributed by atoms with Crippen LogP contribution >= 0.6 is 0 Å². The molecule has 2 unspecified atom stereocenters. The minimum atomic E-state index is -3.78. The summed E-state index contributed by atoms with van der Waals surface area (Å²) in [5, 5.41) is 11.9. The maximum absolute atomic E-state index is 14.1. The molecular weight excluding hydrogens is 679 g/mol. The van der Waals surface area contributed by atoms with Crippen LogP contribution in [-0.4, -0.2) is 59.5 Å². The van der Waals surface area contributed by atoms with Crippen LogP contribution in [0.15, 0.2) is 53.2 Å². The molecule has 0 spiro atoms. The van der Waals surface area contributed by atoms with Gasteiger partial charge in [0.15, 0.2) is 4.90 Å². The average molecular weight is 719 g/mol. The molecule has 0 aliphatic carbocycles. The number of piperidine rings is 1. The van der Waals surface area contributed by atoms with Crippen molar-refractivity contribution in [1.29, 1.82) is 0 Å². The number of hydrogen-bond donors (Lipinski definition) is 3. The first-order valence-corrected chi connectivity index (χ1v) is 16.0. The molecule has 230 valence electrons. The molecule has 10 nitrogen and oxygen atoms in total. The summed E-state index contributed by atoms with van der Waals surface area (Å²) in [5.41, 5.74) is 8.92. The van der Waals surface area contributed by atoms with Crippen molar-refractivity contribution in [2.75, 3.05) is 25.1 Å². The maximum Gasteiger partial charge on any atom is 0.304 e. The van der Waals surface area contributed by atoms with Crippen molar-refractivity contribution in [2.24, 2.45) is 7.05 Å². The molecule has 6 rings (SSSR count). The van der Waals surface area contributed by atoms with Gasteiger partial charge in [-0.05, 0) is 67.7 Å². The van der Waals surface area contributed by atoms with Crippen molar-refractivity contribution in [1.82, 2.24) is 19.3 Å². The van der Waals surface area contributed by atoms with Crippen molar-refractivity contribution >= 4 is 33.7 Å². The Labute approximate surface area is 270 Å². The molecular formula is C31H39IN6O4S. The lowest BCUT2D eigenvalue weighted by molar-refractivity contribution is -0.869. The van der Waals surface area contributed by atoms with Crippen LogP contribution in [0.4, 0.5) is 11.6 Å². The number of rotatable bonds is 6. The fourth-order valence-corrected chi connectivity index (χ4v) is 8.63.